The summed E-state index contributed by atoms with van der Waals surface area (Å²) >= 11 is 0. The fourth-order valence-electron chi connectivity index (χ4n) is 1.97. The molecule has 0 aliphatic heterocycles. The number of rotatable bonds is 3. The van der Waals surface area contributed by atoms with Gasteiger partial charge in [-0.15, -0.1) is 0 Å². The Morgan fingerprint density at radius 3 is 2.85 bits per heavy atom. The number of amides is 2. The van der Waals surface area contributed by atoms with Crippen molar-refractivity contribution < 1.29 is 4.79 Å². The molecular weight excluding hydrogens is 252 g/mol. The van der Waals surface area contributed by atoms with E-state index in [0.717, 1.165) is 22.2 Å². The predicted molar refractivity (Wildman–Crippen MR) is 78.4 cm³/mol. The lowest BCUT2D eigenvalue weighted by molar-refractivity contribution is 0.251. The molecule has 20 heavy (non-hydrogen) atoms. The molecule has 0 saturated heterocycles. The van der Waals surface area contributed by atoms with Crippen LogP contribution in [0.3, 0.4) is 0 Å². The van der Waals surface area contributed by atoms with E-state index in [0.29, 0.717) is 6.54 Å². The third kappa shape index (κ3) is 2.77. The van der Waals surface area contributed by atoms with Gasteiger partial charge in [-0.3, -0.25) is 5.10 Å². The molecule has 2 amide bonds. The highest BCUT2D eigenvalue weighted by Gasteiger charge is 2.03. The van der Waals surface area contributed by atoms with Crippen molar-refractivity contribution in [2.75, 3.05) is 5.32 Å². The molecule has 0 spiro atoms. The SMILES string of the molecule is O=C(NCc1ccccc1)Nc1ccc2[nH]ncc2c1. The molecule has 2 aromatic carbocycles. The smallest absolute Gasteiger partial charge is 0.319 e. The molecule has 5 heteroatoms. The Balaban J connectivity index is 1.61. The lowest BCUT2D eigenvalue weighted by atomic mass is 10.2. The van der Waals surface area contributed by atoms with Gasteiger partial charge in [0, 0.05) is 17.6 Å². The van der Waals surface area contributed by atoms with Crippen molar-refractivity contribution in [2.24, 2.45) is 0 Å². The number of urea groups is 1. The minimum Gasteiger partial charge on any atom is -0.334 e. The zero-order chi connectivity index (χ0) is 13.8. The van der Waals surface area contributed by atoms with Gasteiger partial charge in [-0.1, -0.05) is 30.3 Å². The molecular formula is C15H14N4O. The van der Waals surface area contributed by atoms with E-state index in [1.54, 1.807) is 6.20 Å². The van der Waals surface area contributed by atoms with E-state index in [9.17, 15) is 4.79 Å². The summed E-state index contributed by atoms with van der Waals surface area (Å²) < 4.78 is 0. The Morgan fingerprint density at radius 1 is 1.15 bits per heavy atom. The fraction of sp³-hybridized carbons (Fsp3) is 0.0667. The first-order chi connectivity index (χ1) is 9.81. The van der Waals surface area contributed by atoms with E-state index in [-0.39, 0.29) is 6.03 Å². The topological polar surface area (TPSA) is 69.8 Å². The summed E-state index contributed by atoms with van der Waals surface area (Å²) in [5, 5.41) is 13.4. The number of hydrogen-bond acceptors (Lipinski definition) is 2. The van der Waals surface area contributed by atoms with Gasteiger partial charge < -0.3 is 10.6 Å². The largest absolute Gasteiger partial charge is 0.334 e. The molecule has 3 N–H and O–H groups in total. The Morgan fingerprint density at radius 2 is 2.00 bits per heavy atom. The van der Waals surface area contributed by atoms with Crippen LogP contribution >= 0.6 is 0 Å². The molecule has 3 aromatic rings. The van der Waals surface area contributed by atoms with Crippen LogP contribution in [0.4, 0.5) is 10.5 Å². The quantitative estimate of drug-likeness (QED) is 0.682. The van der Waals surface area contributed by atoms with Crippen molar-refractivity contribution in [1.82, 2.24) is 15.5 Å². The number of hydrogen-bond donors (Lipinski definition) is 3. The summed E-state index contributed by atoms with van der Waals surface area (Å²) in [6.07, 6.45) is 1.72. The zero-order valence-electron chi connectivity index (χ0n) is 10.8. The zero-order valence-corrected chi connectivity index (χ0v) is 10.8. The molecule has 1 aromatic heterocycles. The first-order valence-electron chi connectivity index (χ1n) is 6.33. The van der Waals surface area contributed by atoms with Crippen molar-refractivity contribution in [1.29, 1.82) is 0 Å². The number of nitrogens with one attached hydrogen (secondary N) is 3. The van der Waals surface area contributed by atoms with E-state index in [1.165, 1.54) is 0 Å². The van der Waals surface area contributed by atoms with Crippen LogP contribution in [0.5, 0.6) is 0 Å². The van der Waals surface area contributed by atoms with E-state index in [1.807, 2.05) is 48.5 Å². The molecule has 0 aliphatic rings. The van der Waals surface area contributed by atoms with Crippen molar-refractivity contribution >= 4 is 22.6 Å². The maximum atomic E-state index is 11.8. The summed E-state index contributed by atoms with van der Waals surface area (Å²) in [6.45, 7) is 0.501. The average Bonchev–Trinajstić information content (AvgIpc) is 2.94. The van der Waals surface area contributed by atoms with Gasteiger partial charge in [0.05, 0.1) is 11.7 Å². The molecule has 5 nitrogen and oxygen atoms in total. The number of aromatic amines is 1. The van der Waals surface area contributed by atoms with Gasteiger partial charge in [-0.05, 0) is 23.8 Å². The number of H-pyrrole nitrogens is 1. The second kappa shape index (κ2) is 5.44. The summed E-state index contributed by atoms with van der Waals surface area (Å²) in [6, 6.07) is 15.2. The van der Waals surface area contributed by atoms with Crippen LogP contribution in [0.1, 0.15) is 5.56 Å². The highest BCUT2D eigenvalue weighted by molar-refractivity contribution is 5.92. The number of carbonyl (C=O) groups is 1. The van der Waals surface area contributed by atoms with E-state index < -0.39 is 0 Å². The minimum atomic E-state index is -0.225. The molecule has 0 radical (unpaired) electrons. The van der Waals surface area contributed by atoms with Gasteiger partial charge in [-0.25, -0.2) is 4.79 Å². The second-order valence-electron chi connectivity index (χ2n) is 4.47. The van der Waals surface area contributed by atoms with Crippen molar-refractivity contribution in [2.45, 2.75) is 6.54 Å². The van der Waals surface area contributed by atoms with E-state index >= 15 is 0 Å². The van der Waals surface area contributed by atoms with Gasteiger partial charge in [0.25, 0.3) is 0 Å². The van der Waals surface area contributed by atoms with Crippen LogP contribution in [0, 0.1) is 0 Å². The predicted octanol–water partition coefficient (Wildman–Crippen LogP) is 2.88. The van der Waals surface area contributed by atoms with Gasteiger partial charge in [-0.2, -0.15) is 5.10 Å². The Hall–Kier alpha value is -2.82. The number of fused-ring (bicyclic) bond motifs is 1. The lowest BCUT2D eigenvalue weighted by Gasteiger charge is -2.07. The highest BCUT2D eigenvalue weighted by Crippen LogP contribution is 2.16. The summed E-state index contributed by atoms with van der Waals surface area (Å²) in [7, 11) is 0. The van der Waals surface area contributed by atoms with Crippen LogP contribution < -0.4 is 10.6 Å². The molecule has 0 unspecified atom stereocenters. The molecule has 0 fully saturated rings. The Kier molecular flexibility index (Phi) is 3.33. The van der Waals surface area contributed by atoms with Gasteiger partial charge in [0.15, 0.2) is 0 Å². The maximum Gasteiger partial charge on any atom is 0.319 e. The third-order valence-corrected chi connectivity index (χ3v) is 2.99. The van der Waals surface area contributed by atoms with Crippen LogP contribution in [0.2, 0.25) is 0 Å². The fourth-order valence-corrected chi connectivity index (χ4v) is 1.97. The van der Waals surface area contributed by atoms with E-state index in [4.69, 9.17) is 0 Å². The van der Waals surface area contributed by atoms with Crippen LogP contribution in [0.15, 0.2) is 54.7 Å². The minimum absolute atomic E-state index is 0.225. The number of carbonyl (C=O) groups excluding carboxylic acids is 1. The van der Waals surface area contributed by atoms with Crippen LogP contribution in [-0.2, 0) is 6.54 Å². The van der Waals surface area contributed by atoms with Gasteiger partial charge >= 0.3 is 6.03 Å². The number of aromatic nitrogens is 2. The molecule has 100 valence electrons. The van der Waals surface area contributed by atoms with Crippen molar-refractivity contribution in [3.8, 4) is 0 Å². The Bertz CT molecular complexity index is 721. The van der Waals surface area contributed by atoms with Gasteiger partial charge in [0.1, 0.15) is 0 Å². The molecule has 0 bridgehead atoms. The summed E-state index contributed by atoms with van der Waals surface area (Å²) in [4.78, 5) is 11.8. The Labute approximate surface area is 116 Å². The molecule has 1 heterocycles. The molecule has 0 atom stereocenters. The number of benzene rings is 2. The number of anilines is 1. The molecule has 0 aliphatic carbocycles. The molecule has 0 saturated carbocycles. The lowest BCUT2D eigenvalue weighted by Crippen LogP contribution is -2.28. The average molecular weight is 266 g/mol. The highest BCUT2D eigenvalue weighted by atomic mass is 16.2. The van der Waals surface area contributed by atoms with Gasteiger partial charge in [0.2, 0.25) is 0 Å². The first-order valence-corrected chi connectivity index (χ1v) is 6.33. The number of nitrogens with zero attached hydrogens (tertiary/aromatic N) is 1. The standard InChI is InChI=1S/C15H14N4O/c20-15(16-9-11-4-2-1-3-5-11)18-13-6-7-14-12(8-13)10-17-19-14/h1-8,10H,9H2,(H,17,19)(H2,16,18,20). The maximum absolute atomic E-state index is 11.8. The first kappa shape index (κ1) is 12.2. The second-order valence-corrected chi connectivity index (χ2v) is 4.47. The normalized spacial score (nSPS) is 10.4. The van der Waals surface area contributed by atoms with E-state index in [2.05, 4.69) is 20.8 Å². The third-order valence-electron chi connectivity index (χ3n) is 2.99. The monoisotopic (exact) mass is 266 g/mol. The summed E-state index contributed by atoms with van der Waals surface area (Å²) in [5.41, 5.74) is 2.75. The van der Waals surface area contributed by atoms with Crippen LogP contribution in [0.25, 0.3) is 10.9 Å². The van der Waals surface area contributed by atoms with Crippen molar-refractivity contribution in [3.05, 3.63) is 60.3 Å². The molecule has 3 rings (SSSR count). The van der Waals surface area contributed by atoms with Crippen LogP contribution in [-0.4, -0.2) is 16.2 Å². The van der Waals surface area contributed by atoms with Crippen molar-refractivity contribution in [3.63, 3.8) is 0 Å². The summed E-state index contributed by atoms with van der Waals surface area (Å²) in [5.74, 6) is 0.